The molecule has 2 N–H and O–H groups in total. The summed E-state index contributed by atoms with van der Waals surface area (Å²) in [6, 6.07) is 0. The van der Waals surface area contributed by atoms with Crippen molar-refractivity contribution in [2.24, 2.45) is 17.1 Å². The number of carbonyl (C=O) groups is 1. The minimum Gasteiger partial charge on any atom is -0.501 e. The number of rotatable bonds is 7. The molecule has 0 aromatic rings. The number of nitrogens with zero attached hydrogens (tertiary/aromatic N) is 1. The monoisotopic (exact) mass is 308 g/mol. The molecule has 1 amide bonds. The van der Waals surface area contributed by atoms with Gasteiger partial charge < -0.3 is 20.1 Å². The smallest absolute Gasteiger partial charge is 0.236 e. The van der Waals surface area contributed by atoms with Crippen molar-refractivity contribution in [1.82, 2.24) is 4.90 Å². The van der Waals surface area contributed by atoms with Gasteiger partial charge in [-0.1, -0.05) is 13.3 Å². The summed E-state index contributed by atoms with van der Waals surface area (Å²) in [6.07, 6.45) is 7.63. The Kier molecular flexibility index (Phi) is 5.51. The molecule has 0 atom stereocenters. The summed E-state index contributed by atoms with van der Waals surface area (Å²) in [4.78, 5) is 14.8. The summed E-state index contributed by atoms with van der Waals surface area (Å²) in [5.74, 6) is 1.97. The van der Waals surface area contributed by atoms with Gasteiger partial charge in [-0.3, -0.25) is 4.79 Å². The van der Waals surface area contributed by atoms with E-state index in [-0.39, 0.29) is 11.8 Å². The maximum Gasteiger partial charge on any atom is 0.236 e. The molecule has 0 bridgehead atoms. The summed E-state index contributed by atoms with van der Waals surface area (Å²) in [7, 11) is 3.35. The first kappa shape index (κ1) is 16.9. The summed E-state index contributed by atoms with van der Waals surface area (Å²) >= 11 is 0. The van der Waals surface area contributed by atoms with Gasteiger partial charge in [0.05, 0.1) is 25.6 Å². The molecule has 0 radical (unpaired) electrons. The van der Waals surface area contributed by atoms with Gasteiger partial charge in [-0.2, -0.15) is 0 Å². The molecule has 1 aliphatic carbocycles. The van der Waals surface area contributed by atoms with Crippen molar-refractivity contribution in [2.75, 3.05) is 33.9 Å². The van der Waals surface area contributed by atoms with Gasteiger partial charge in [-0.25, -0.2) is 0 Å². The van der Waals surface area contributed by atoms with Gasteiger partial charge in [-0.15, -0.1) is 0 Å². The molecule has 2 aliphatic rings. The molecule has 1 fully saturated rings. The van der Waals surface area contributed by atoms with Crippen LogP contribution in [0, 0.1) is 11.3 Å². The first-order valence-corrected chi connectivity index (χ1v) is 8.14. The quantitative estimate of drug-likeness (QED) is 0.782. The number of methoxy groups -OCH3 is 2. The van der Waals surface area contributed by atoms with E-state index >= 15 is 0 Å². The second-order valence-corrected chi connectivity index (χ2v) is 6.07. The molecule has 5 heteroatoms. The van der Waals surface area contributed by atoms with Crippen LogP contribution in [0.3, 0.4) is 0 Å². The predicted octanol–water partition coefficient (Wildman–Crippen LogP) is 2.04. The zero-order valence-electron chi connectivity index (χ0n) is 13.9. The van der Waals surface area contributed by atoms with Crippen molar-refractivity contribution in [2.45, 2.75) is 32.6 Å². The Morgan fingerprint density at radius 3 is 2.45 bits per heavy atom. The SMILES string of the molecule is CCCC1C(OC)=CC2(C=C1OC)CCN(CCCN)C2=O. The number of amides is 1. The largest absolute Gasteiger partial charge is 0.501 e. The van der Waals surface area contributed by atoms with Gasteiger partial charge in [-0.05, 0) is 38.0 Å². The van der Waals surface area contributed by atoms with E-state index in [0.717, 1.165) is 50.3 Å². The molecule has 2 rings (SSSR count). The Morgan fingerprint density at radius 1 is 1.32 bits per heavy atom. The third-order valence-corrected chi connectivity index (χ3v) is 4.65. The standard InChI is InChI=1S/C17H28N2O3/c1-4-6-13-14(21-2)11-17(12-15(13)22-3)7-10-19(16(17)20)9-5-8-18/h11-13H,4-10,18H2,1-3H3. The first-order valence-electron chi connectivity index (χ1n) is 8.14. The first-order chi connectivity index (χ1) is 10.6. The van der Waals surface area contributed by atoms with Crippen molar-refractivity contribution in [3.8, 4) is 0 Å². The van der Waals surface area contributed by atoms with Crippen LogP contribution in [0.4, 0.5) is 0 Å². The molecule has 0 aromatic carbocycles. The second-order valence-electron chi connectivity index (χ2n) is 6.07. The highest BCUT2D eigenvalue weighted by Gasteiger charge is 2.47. The zero-order valence-corrected chi connectivity index (χ0v) is 13.9. The molecule has 1 saturated heterocycles. The molecule has 0 saturated carbocycles. The van der Waals surface area contributed by atoms with Gasteiger partial charge in [0.15, 0.2) is 0 Å². The number of nitrogens with two attached hydrogens (primary N) is 1. The van der Waals surface area contributed by atoms with E-state index in [9.17, 15) is 4.79 Å². The highest BCUT2D eigenvalue weighted by Crippen LogP contribution is 2.44. The summed E-state index contributed by atoms with van der Waals surface area (Å²) < 4.78 is 11.2. The zero-order chi connectivity index (χ0) is 16.2. The van der Waals surface area contributed by atoms with Crippen LogP contribution in [-0.2, 0) is 14.3 Å². The van der Waals surface area contributed by atoms with Crippen LogP contribution in [0.1, 0.15) is 32.6 Å². The highest BCUT2D eigenvalue weighted by atomic mass is 16.5. The molecule has 0 unspecified atom stereocenters. The minimum atomic E-state index is -0.602. The van der Waals surface area contributed by atoms with E-state index in [0.29, 0.717) is 6.54 Å². The van der Waals surface area contributed by atoms with E-state index in [1.54, 1.807) is 14.2 Å². The lowest BCUT2D eigenvalue weighted by Crippen LogP contribution is -2.36. The molecule has 1 aliphatic heterocycles. The summed E-state index contributed by atoms with van der Waals surface area (Å²) in [5, 5.41) is 0. The Balaban J connectivity index is 2.29. The third-order valence-electron chi connectivity index (χ3n) is 4.65. The normalized spacial score (nSPS) is 27.9. The number of likely N-dealkylation sites (tertiary alicyclic amines) is 1. The van der Waals surface area contributed by atoms with Gasteiger partial charge in [0.25, 0.3) is 0 Å². The molecule has 5 nitrogen and oxygen atoms in total. The van der Waals surface area contributed by atoms with Gasteiger partial charge in [0.2, 0.25) is 5.91 Å². The van der Waals surface area contributed by atoms with Crippen LogP contribution in [0.15, 0.2) is 23.7 Å². The fourth-order valence-electron chi connectivity index (χ4n) is 3.45. The van der Waals surface area contributed by atoms with E-state index in [4.69, 9.17) is 15.2 Å². The Labute approximate surface area is 133 Å². The molecular formula is C17H28N2O3. The molecule has 0 aromatic heterocycles. The molecule has 1 heterocycles. The predicted molar refractivity (Wildman–Crippen MR) is 85.9 cm³/mol. The highest BCUT2D eigenvalue weighted by molar-refractivity contribution is 5.89. The fourth-order valence-corrected chi connectivity index (χ4v) is 3.45. The van der Waals surface area contributed by atoms with Crippen molar-refractivity contribution in [3.05, 3.63) is 23.7 Å². The minimum absolute atomic E-state index is 0.122. The van der Waals surface area contributed by atoms with Crippen LogP contribution in [0.25, 0.3) is 0 Å². The number of ether oxygens (including phenoxy) is 2. The van der Waals surface area contributed by atoms with Gasteiger partial charge >= 0.3 is 0 Å². The van der Waals surface area contributed by atoms with E-state index < -0.39 is 5.41 Å². The van der Waals surface area contributed by atoms with Crippen LogP contribution >= 0.6 is 0 Å². The lowest BCUT2D eigenvalue weighted by molar-refractivity contribution is -0.132. The maximum atomic E-state index is 12.9. The number of carbonyl (C=O) groups excluding carboxylic acids is 1. The molecular weight excluding hydrogens is 280 g/mol. The molecule has 124 valence electrons. The maximum absolute atomic E-state index is 12.9. The third kappa shape index (κ3) is 3.00. The Hall–Kier alpha value is -1.49. The van der Waals surface area contributed by atoms with Gasteiger partial charge in [0.1, 0.15) is 11.5 Å². The van der Waals surface area contributed by atoms with E-state index in [1.807, 2.05) is 17.1 Å². The molecule has 22 heavy (non-hydrogen) atoms. The van der Waals surface area contributed by atoms with Crippen LogP contribution in [0.2, 0.25) is 0 Å². The lowest BCUT2D eigenvalue weighted by Gasteiger charge is -2.32. The fraction of sp³-hybridized carbons (Fsp3) is 0.706. The average Bonchev–Trinajstić information content (AvgIpc) is 2.83. The number of hydrogen-bond acceptors (Lipinski definition) is 4. The van der Waals surface area contributed by atoms with Crippen LogP contribution in [0.5, 0.6) is 0 Å². The van der Waals surface area contributed by atoms with Gasteiger partial charge in [0, 0.05) is 13.1 Å². The summed E-state index contributed by atoms with van der Waals surface area (Å²) in [5.41, 5.74) is 4.96. The number of hydrogen-bond donors (Lipinski definition) is 1. The van der Waals surface area contributed by atoms with Crippen molar-refractivity contribution in [3.63, 3.8) is 0 Å². The van der Waals surface area contributed by atoms with Crippen molar-refractivity contribution >= 4 is 5.91 Å². The van der Waals surface area contributed by atoms with Crippen LogP contribution in [-0.4, -0.2) is 44.7 Å². The second kappa shape index (κ2) is 7.18. The van der Waals surface area contributed by atoms with E-state index in [1.165, 1.54) is 0 Å². The van der Waals surface area contributed by atoms with E-state index in [2.05, 4.69) is 6.92 Å². The van der Waals surface area contributed by atoms with Crippen molar-refractivity contribution in [1.29, 1.82) is 0 Å². The summed E-state index contributed by atoms with van der Waals surface area (Å²) in [6.45, 7) is 4.23. The Bertz CT molecular complexity index is 449. The van der Waals surface area contributed by atoms with Crippen molar-refractivity contribution < 1.29 is 14.3 Å². The lowest BCUT2D eigenvalue weighted by atomic mass is 9.77. The topological polar surface area (TPSA) is 64.8 Å². The Morgan fingerprint density at radius 2 is 1.95 bits per heavy atom. The van der Waals surface area contributed by atoms with Crippen LogP contribution < -0.4 is 5.73 Å². The average molecular weight is 308 g/mol. The molecule has 1 spiro atoms.